The molecule has 0 bridgehead atoms. The van der Waals surface area contributed by atoms with Crippen molar-refractivity contribution in [2.24, 2.45) is 5.41 Å². The molecule has 0 radical (unpaired) electrons. The number of nitrogens with zero attached hydrogens (tertiary/aromatic N) is 1. The Morgan fingerprint density at radius 1 is 1.19 bits per heavy atom. The summed E-state index contributed by atoms with van der Waals surface area (Å²) in [6, 6.07) is 8.24. The third-order valence-electron chi connectivity index (χ3n) is 5.47. The predicted molar refractivity (Wildman–Crippen MR) is 112 cm³/mol. The van der Waals surface area contributed by atoms with Crippen molar-refractivity contribution in [3.8, 4) is 5.75 Å². The monoisotopic (exact) mass is 464 g/mol. The number of benzene rings is 1. The van der Waals surface area contributed by atoms with Gasteiger partial charge < -0.3 is 9.84 Å². The van der Waals surface area contributed by atoms with Gasteiger partial charge in [0.2, 0.25) is 0 Å². The van der Waals surface area contributed by atoms with Gasteiger partial charge in [-0.1, -0.05) is 18.2 Å². The van der Waals surface area contributed by atoms with Crippen molar-refractivity contribution >= 4 is 33.2 Å². The fourth-order valence-corrected chi connectivity index (χ4v) is 4.55. The number of fused-ring (bicyclic) bond motifs is 1. The van der Waals surface area contributed by atoms with E-state index in [9.17, 15) is 27.9 Å². The number of pyridine rings is 1. The second-order valence-corrected chi connectivity index (χ2v) is 9.16. The summed E-state index contributed by atoms with van der Waals surface area (Å²) < 4.78 is 44.9. The lowest BCUT2D eigenvalue weighted by molar-refractivity contribution is -0.147. The molecule has 1 saturated heterocycles. The lowest BCUT2D eigenvalue weighted by Crippen LogP contribution is -2.33. The Balaban J connectivity index is 1.59. The molecule has 0 saturated carbocycles. The Bertz CT molecular complexity index is 1190. The van der Waals surface area contributed by atoms with Crippen LogP contribution in [0.2, 0.25) is 0 Å². The molecule has 32 heavy (non-hydrogen) atoms. The molecule has 1 unspecified atom stereocenters. The third-order valence-corrected chi connectivity index (χ3v) is 6.63. The van der Waals surface area contributed by atoms with Crippen molar-refractivity contribution in [3.05, 3.63) is 58.7 Å². The highest BCUT2D eigenvalue weighted by Crippen LogP contribution is 2.42. The van der Waals surface area contributed by atoms with Crippen molar-refractivity contribution in [1.82, 2.24) is 10.3 Å². The molecule has 2 atom stereocenters. The van der Waals surface area contributed by atoms with E-state index in [2.05, 4.69) is 10.3 Å². The Labute approximate surface area is 185 Å². The van der Waals surface area contributed by atoms with E-state index >= 15 is 0 Å². The molecule has 2 aromatic heterocycles. The van der Waals surface area contributed by atoms with Crippen LogP contribution >= 0.6 is 11.3 Å². The third kappa shape index (κ3) is 4.07. The summed E-state index contributed by atoms with van der Waals surface area (Å²) in [5.74, 6) is -0.949. The van der Waals surface area contributed by atoms with Gasteiger partial charge in [0.1, 0.15) is 22.9 Å². The van der Waals surface area contributed by atoms with E-state index in [1.165, 1.54) is 17.4 Å². The average Bonchev–Trinajstić information content (AvgIpc) is 3.47. The van der Waals surface area contributed by atoms with Gasteiger partial charge in [-0.15, -0.1) is 11.3 Å². The number of alkyl halides is 3. The van der Waals surface area contributed by atoms with Gasteiger partial charge in [-0.05, 0) is 32.0 Å². The number of Topliss-reactive ketones (excluding diaryl/α,β-unsaturated/α-hetero) is 1. The van der Waals surface area contributed by atoms with Crippen LogP contribution in [-0.4, -0.2) is 33.9 Å². The second-order valence-electron chi connectivity index (χ2n) is 8.11. The first-order chi connectivity index (χ1) is 15.0. The molecule has 3 heterocycles. The van der Waals surface area contributed by atoms with Crippen LogP contribution in [-0.2, 0) is 17.6 Å². The Kier molecular flexibility index (Phi) is 5.46. The zero-order valence-electron chi connectivity index (χ0n) is 17.1. The molecule has 4 rings (SSSR count). The summed E-state index contributed by atoms with van der Waals surface area (Å²) in [7, 11) is 0. The summed E-state index contributed by atoms with van der Waals surface area (Å²) in [6.45, 7) is 3.04. The molecule has 0 aliphatic carbocycles. The molecule has 0 spiro atoms. The minimum Gasteiger partial charge on any atom is -0.487 e. The van der Waals surface area contributed by atoms with Crippen molar-refractivity contribution in [2.45, 2.75) is 38.7 Å². The summed E-state index contributed by atoms with van der Waals surface area (Å²) in [6.07, 6.45) is -3.44. The van der Waals surface area contributed by atoms with E-state index in [4.69, 9.17) is 4.74 Å². The van der Waals surface area contributed by atoms with E-state index in [1.807, 2.05) is 12.1 Å². The van der Waals surface area contributed by atoms with Gasteiger partial charge in [0.25, 0.3) is 0 Å². The predicted octanol–water partition coefficient (Wildman–Crippen LogP) is 4.53. The van der Waals surface area contributed by atoms with Crippen LogP contribution in [0.15, 0.2) is 42.6 Å². The Morgan fingerprint density at radius 3 is 2.53 bits per heavy atom. The van der Waals surface area contributed by atoms with Gasteiger partial charge in [0.15, 0.2) is 5.78 Å². The second kappa shape index (κ2) is 7.86. The number of carbonyl (C=O) groups excluding carboxylic acids is 1. The molecular formula is C22H19F3N2O4S. The largest absolute Gasteiger partial charge is 0.487 e. The number of aromatic nitrogens is 1. The maximum atomic E-state index is 13.2. The fourth-order valence-electron chi connectivity index (χ4n) is 3.42. The van der Waals surface area contributed by atoms with Gasteiger partial charge in [-0.25, -0.2) is 0 Å². The molecule has 10 heteroatoms. The van der Waals surface area contributed by atoms with Gasteiger partial charge in [0.05, 0.1) is 11.5 Å². The van der Waals surface area contributed by atoms with E-state index in [0.717, 1.165) is 17.0 Å². The van der Waals surface area contributed by atoms with E-state index in [-0.39, 0.29) is 12.4 Å². The molecule has 1 aromatic carbocycles. The first kappa shape index (κ1) is 22.2. The fraction of sp³-hybridized carbons (Fsp3) is 0.318. The van der Waals surface area contributed by atoms with Gasteiger partial charge in [0, 0.05) is 27.9 Å². The van der Waals surface area contributed by atoms with E-state index in [0.29, 0.717) is 21.6 Å². The zero-order valence-corrected chi connectivity index (χ0v) is 17.9. The van der Waals surface area contributed by atoms with Crippen LogP contribution < -0.4 is 10.1 Å². The van der Waals surface area contributed by atoms with Gasteiger partial charge in [-0.2, -0.15) is 13.2 Å². The van der Waals surface area contributed by atoms with Crippen molar-refractivity contribution in [2.75, 3.05) is 0 Å². The summed E-state index contributed by atoms with van der Waals surface area (Å²) >= 11 is 1.24. The van der Waals surface area contributed by atoms with Crippen molar-refractivity contribution in [1.29, 1.82) is 0 Å². The number of aliphatic carboxylic acids is 1. The van der Waals surface area contributed by atoms with Crippen molar-refractivity contribution in [3.63, 3.8) is 0 Å². The van der Waals surface area contributed by atoms with Crippen LogP contribution in [0, 0.1) is 5.41 Å². The number of hydrogen-bond acceptors (Lipinski definition) is 6. The molecule has 0 amide bonds. The highest BCUT2D eigenvalue weighted by Gasteiger charge is 2.55. The molecular weight excluding hydrogens is 445 g/mol. The molecule has 3 aromatic rings. The standard InChI is InChI=1S/C22H19F3N2O4S/c1-21(2,20(29)30)19-15(27-19)16(28)18-17(12-5-3-4-6-13(12)32-18)31-10-11-7-8-14(26-9-11)22(23,24)25/h3-9,15,19,27H,10H2,1-2H3,(H,29,30)/t15-,19?/m0/s1. The molecule has 2 N–H and O–H groups in total. The number of thiophene rings is 1. The summed E-state index contributed by atoms with van der Waals surface area (Å²) in [5.41, 5.74) is -1.70. The topological polar surface area (TPSA) is 98.4 Å². The Hall–Kier alpha value is -2.98. The van der Waals surface area contributed by atoms with E-state index < -0.39 is 35.3 Å². The van der Waals surface area contributed by atoms with Gasteiger partial charge >= 0.3 is 12.1 Å². The SMILES string of the molecule is CC(C)(C(=O)O)C1N[C@H]1C(=O)c1sc2ccccc2c1OCc1ccc(C(F)(F)F)nc1. The van der Waals surface area contributed by atoms with Crippen LogP contribution in [0.3, 0.4) is 0 Å². The Morgan fingerprint density at radius 2 is 1.91 bits per heavy atom. The number of rotatable bonds is 7. The number of hydrogen-bond donors (Lipinski definition) is 2. The van der Waals surface area contributed by atoms with Crippen molar-refractivity contribution < 1.29 is 32.6 Å². The number of carboxylic acid groups (broad SMARTS) is 1. The summed E-state index contributed by atoms with van der Waals surface area (Å²) in [4.78, 5) is 28.5. The lowest BCUT2D eigenvalue weighted by Gasteiger charge is -2.17. The van der Waals surface area contributed by atoms with E-state index in [1.54, 1.807) is 26.0 Å². The van der Waals surface area contributed by atoms with Gasteiger partial charge in [-0.3, -0.25) is 19.9 Å². The molecule has 1 aliphatic heterocycles. The van der Waals surface area contributed by atoms with Crippen LogP contribution in [0.1, 0.15) is 34.8 Å². The molecule has 1 fully saturated rings. The number of carbonyl (C=O) groups is 2. The zero-order chi connectivity index (χ0) is 23.3. The summed E-state index contributed by atoms with van der Waals surface area (Å²) in [5, 5.41) is 13.1. The minimum atomic E-state index is -4.53. The van der Waals surface area contributed by atoms with Crippen LogP contribution in [0.5, 0.6) is 5.75 Å². The normalized spacial score (nSPS) is 18.5. The average molecular weight is 464 g/mol. The first-order valence-corrected chi connectivity index (χ1v) is 10.5. The maximum absolute atomic E-state index is 13.2. The number of carboxylic acids is 1. The van der Waals surface area contributed by atoms with Crippen LogP contribution in [0.4, 0.5) is 13.2 Å². The molecule has 1 aliphatic rings. The quantitative estimate of drug-likeness (QED) is 0.394. The molecule has 6 nitrogen and oxygen atoms in total. The number of halogens is 3. The number of nitrogens with one attached hydrogen (secondary N) is 1. The van der Waals surface area contributed by atoms with Crippen LogP contribution in [0.25, 0.3) is 10.1 Å². The number of ether oxygens (including phenoxy) is 1. The minimum absolute atomic E-state index is 0.0751. The smallest absolute Gasteiger partial charge is 0.433 e. The maximum Gasteiger partial charge on any atom is 0.433 e. The first-order valence-electron chi connectivity index (χ1n) is 9.70. The lowest BCUT2D eigenvalue weighted by atomic mass is 9.86. The molecule has 168 valence electrons. The highest BCUT2D eigenvalue weighted by atomic mass is 32.1. The number of ketones is 1. The highest BCUT2D eigenvalue weighted by molar-refractivity contribution is 7.21.